The second-order valence-corrected chi connectivity index (χ2v) is 4.13. The van der Waals surface area contributed by atoms with Gasteiger partial charge in [-0.15, -0.1) is 0 Å². The lowest BCUT2D eigenvalue weighted by molar-refractivity contribution is 0.197. The highest BCUT2D eigenvalue weighted by Crippen LogP contribution is 2.07. The number of ether oxygens (including phenoxy) is 1. The van der Waals surface area contributed by atoms with Crippen LogP contribution in [0.25, 0.3) is 0 Å². The third-order valence-corrected chi connectivity index (χ3v) is 2.63. The zero-order valence-corrected chi connectivity index (χ0v) is 10.8. The number of nitrogens with zero attached hydrogens (tertiary/aromatic N) is 4. The van der Waals surface area contributed by atoms with E-state index < -0.39 is 0 Å². The molecule has 2 aromatic rings. The summed E-state index contributed by atoms with van der Waals surface area (Å²) in [7, 11) is 3.63. The molecule has 0 atom stereocenters. The van der Waals surface area contributed by atoms with E-state index in [1.54, 1.807) is 18.0 Å². The molecule has 98 valence electrons. The molecule has 2 aromatic heterocycles. The van der Waals surface area contributed by atoms with Crippen LogP contribution in [0.5, 0.6) is 0 Å². The fourth-order valence-corrected chi connectivity index (χ4v) is 1.74. The van der Waals surface area contributed by atoms with Crippen molar-refractivity contribution in [1.82, 2.24) is 19.3 Å². The zero-order valence-electron chi connectivity index (χ0n) is 10.8. The van der Waals surface area contributed by atoms with E-state index in [-0.39, 0.29) is 0 Å². The molecular weight excluding hydrogens is 230 g/mol. The zero-order chi connectivity index (χ0) is 12.8. The van der Waals surface area contributed by atoms with Crippen molar-refractivity contribution in [3.05, 3.63) is 30.4 Å². The van der Waals surface area contributed by atoms with Crippen LogP contribution >= 0.6 is 0 Å². The number of anilines is 1. The highest BCUT2D eigenvalue weighted by Gasteiger charge is 2.04. The Balaban J connectivity index is 1.91. The van der Waals surface area contributed by atoms with Crippen LogP contribution in [0.3, 0.4) is 0 Å². The third-order valence-electron chi connectivity index (χ3n) is 2.63. The Bertz CT molecular complexity index is 476. The summed E-state index contributed by atoms with van der Waals surface area (Å²) in [6, 6.07) is 2.01. The summed E-state index contributed by atoms with van der Waals surface area (Å²) in [6.45, 7) is 2.34. The van der Waals surface area contributed by atoms with Gasteiger partial charge in [0.05, 0.1) is 12.2 Å². The van der Waals surface area contributed by atoms with Gasteiger partial charge in [-0.3, -0.25) is 4.68 Å². The Morgan fingerprint density at radius 3 is 3.00 bits per heavy atom. The van der Waals surface area contributed by atoms with Crippen LogP contribution in [0.4, 0.5) is 5.95 Å². The van der Waals surface area contributed by atoms with E-state index in [2.05, 4.69) is 20.0 Å². The molecule has 0 radical (unpaired) electrons. The number of nitrogens with one attached hydrogen (secondary N) is 1. The van der Waals surface area contributed by atoms with E-state index in [4.69, 9.17) is 4.74 Å². The minimum absolute atomic E-state index is 0.730. The lowest BCUT2D eigenvalue weighted by atomic mass is 10.4. The summed E-state index contributed by atoms with van der Waals surface area (Å²) in [5, 5.41) is 7.65. The number of rotatable bonds is 7. The maximum absolute atomic E-state index is 5.01. The molecule has 0 fully saturated rings. The SMILES string of the molecule is COCCCNc1nccn1Cc1ccn(C)n1. The first-order valence-corrected chi connectivity index (χ1v) is 6.02. The van der Waals surface area contributed by atoms with Crippen molar-refractivity contribution in [2.24, 2.45) is 7.05 Å². The molecule has 18 heavy (non-hydrogen) atoms. The molecule has 2 rings (SSSR count). The molecule has 6 heteroatoms. The first-order chi connectivity index (χ1) is 8.79. The van der Waals surface area contributed by atoms with E-state index >= 15 is 0 Å². The number of aryl methyl sites for hydroxylation is 1. The lowest BCUT2D eigenvalue weighted by Crippen LogP contribution is -2.11. The van der Waals surface area contributed by atoms with Gasteiger partial charge in [-0.25, -0.2) is 4.98 Å². The fourth-order valence-electron chi connectivity index (χ4n) is 1.74. The van der Waals surface area contributed by atoms with E-state index in [0.717, 1.165) is 37.8 Å². The van der Waals surface area contributed by atoms with Crippen molar-refractivity contribution < 1.29 is 4.74 Å². The minimum Gasteiger partial charge on any atom is -0.385 e. The monoisotopic (exact) mass is 249 g/mol. The van der Waals surface area contributed by atoms with Crippen LogP contribution in [-0.2, 0) is 18.3 Å². The van der Waals surface area contributed by atoms with Gasteiger partial charge in [0.2, 0.25) is 5.95 Å². The van der Waals surface area contributed by atoms with Gasteiger partial charge in [0, 0.05) is 45.9 Å². The van der Waals surface area contributed by atoms with E-state index in [1.807, 2.05) is 25.5 Å². The van der Waals surface area contributed by atoms with Crippen molar-refractivity contribution in [3.63, 3.8) is 0 Å². The van der Waals surface area contributed by atoms with Gasteiger partial charge in [-0.05, 0) is 12.5 Å². The summed E-state index contributed by atoms with van der Waals surface area (Å²) >= 11 is 0. The van der Waals surface area contributed by atoms with E-state index in [9.17, 15) is 0 Å². The van der Waals surface area contributed by atoms with Gasteiger partial charge >= 0.3 is 0 Å². The van der Waals surface area contributed by atoms with Crippen molar-refractivity contribution in [2.75, 3.05) is 25.6 Å². The fraction of sp³-hybridized carbons (Fsp3) is 0.500. The molecule has 6 nitrogen and oxygen atoms in total. The quantitative estimate of drug-likeness (QED) is 0.747. The summed E-state index contributed by atoms with van der Waals surface area (Å²) in [5.41, 5.74) is 1.02. The largest absolute Gasteiger partial charge is 0.385 e. The third kappa shape index (κ3) is 3.33. The van der Waals surface area contributed by atoms with Gasteiger partial charge in [0.15, 0.2) is 0 Å². The van der Waals surface area contributed by atoms with Crippen LogP contribution in [0.2, 0.25) is 0 Å². The number of imidazole rings is 1. The van der Waals surface area contributed by atoms with Gasteiger partial charge in [0.25, 0.3) is 0 Å². The van der Waals surface area contributed by atoms with Gasteiger partial charge in [-0.1, -0.05) is 0 Å². The van der Waals surface area contributed by atoms with Crippen LogP contribution in [0.1, 0.15) is 12.1 Å². The lowest BCUT2D eigenvalue weighted by Gasteiger charge is -2.08. The molecule has 0 aliphatic carbocycles. The van der Waals surface area contributed by atoms with Crippen molar-refractivity contribution in [2.45, 2.75) is 13.0 Å². The van der Waals surface area contributed by atoms with Crippen LogP contribution < -0.4 is 5.32 Å². The van der Waals surface area contributed by atoms with Crippen LogP contribution in [-0.4, -0.2) is 39.6 Å². The second-order valence-electron chi connectivity index (χ2n) is 4.13. The van der Waals surface area contributed by atoms with E-state index in [0.29, 0.717) is 0 Å². The summed E-state index contributed by atoms with van der Waals surface area (Å²) < 4.78 is 8.86. The average Bonchev–Trinajstić information content (AvgIpc) is 2.95. The number of hydrogen-bond donors (Lipinski definition) is 1. The first kappa shape index (κ1) is 12.6. The van der Waals surface area contributed by atoms with Gasteiger partial charge in [0.1, 0.15) is 0 Å². The maximum atomic E-state index is 5.01. The van der Waals surface area contributed by atoms with Crippen molar-refractivity contribution in [1.29, 1.82) is 0 Å². The maximum Gasteiger partial charge on any atom is 0.203 e. The molecule has 2 heterocycles. The summed E-state index contributed by atoms with van der Waals surface area (Å²) in [4.78, 5) is 4.29. The van der Waals surface area contributed by atoms with Crippen LogP contribution in [0, 0.1) is 0 Å². The smallest absolute Gasteiger partial charge is 0.203 e. The number of hydrogen-bond acceptors (Lipinski definition) is 4. The Kier molecular flexibility index (Phi) is 4.35. The Morgan fingerprint density at radius 2 is 2.28 bits per heavy atom. The molecule has 1 N–H and O–H groups in total. The molecule has 0 saturated heterocycles. The average molecular weight is 249 g/mol. The Labute approximate surface area is 107 Å². The molecule has 0 amide bonds. The minimum atomic E-state index is 0.730. The number of aromatic nitrogens is 4. The van der Waals surface area contributed by atoms with Crippen LogP contribution in [0.15, 0.2) is 24.7 Å². The predicted molar refractivity (Wildman–Crippen MR) is 69.5 cm³/mol. The highest BCUT2D eigenvalue weighted by atomic mass is 16.5. The molecule has 0 unspecified atom stereocenters. The second kappa shape index (κ2) is 6.20. The normalized spacial score (nSPS) is 10.8. The Morgan fingerprint density at radius 1 is 1.39 bits per heavy atom. The summed E-state index contributed by atoms with van der Waals surface area (Å²) in [6.07, 6.45) is 6.65. The molecule has 0 aliphatic rings. The topological polar surface area (TPSA) is 56.9 Å². The molecule has 0 aliphatic heterocycles. The van der Waals surface area contributed by atoms with Gasteiger partial charge in [-0.2, -0.15) is 5.10 Å². The molecule has 0 aromatic carbocycles. The van der Waals surface area contributed by atoms with Gasteiger partial charge < -0.3 is 14.6 Å². The standard InChI is InChI=1S/C12H19N5O/c1-16-7-4-11(15-16)10-17-8-6-14-12(17)13-5-3-9-18-2/h4,6-8H,3,5,9-10H2,1-2H3,(H,13,14). The predicted octanol–water partition coefficient (Wildman–Crippen LogP) is 1.11. The Hall–Kier alpha value is -1.82. The van der Waals surface area contributed by atoms with Crippen molar-refractivity contribution >= 4 is 5.95 Å². The van der Waals surface area contributed by atoms with E-state index in [1.165, 1.54) is 0 Å². The molecule has 0 saturated carbocycles. The molecule has 0 spiro atoms. The first-order valence-electron chi connectivity index (χ1n) is 6.02. The van der Waals surface area contributed by atoms with Crippen molar-refractivity contribution in [3.8, 4) is 0 Å². The number of methoxy groups -OCH3 is 1. The molecular formula is C12H19N5O. The molecule has 0 bridgehead atoms. The highest BCUT2D eigenvalue weighted by molar-refractivity contribution is 5.26. The summed E-state index contributed by atoms with van der Waals surface area (Å²) in [5.74, 6) is 0.872.